The fraction of sp³-hybridized carbons (Fsp3) is 0.261. The first-order valence-electron chi connectivity index (χ1n) is 10.1. The number of rotatable bonds is 8. The van der Waals surface area contributed by atoms with Crippen LogP contribution in [0.2, 0.25) is 0 Å². The van der Waals surface area contributed by atoms with Gasteiger partial charge in [0.1, 0.15) is 0 Å². The van der Waals surface area contributed by atoms with Crippen molar-refractivity contribution < 1.29 is 4.79 Å². The van der Waals surface area contributed by atoms with Crippen LogP contribution in [0.4, 0.5) is 0 Å². The minimum Gasteiger partial charge on any atom is -0.361 e. The highest BCUT2D eigenvalue weighted by atomic mass is 32.2. The Morgan fingerprint density at radius 2 is 2.03 bits per heavy atom. The molecule has 0 radical (unpaired) electrons. The lowest BCUT2D eigenvalue weighted by molar-refractivity contribution is -0.118. The molecule has 0 aliphatic carbocycles. The average molecular weight is 420 g/mol. The van der Waals surface area contributed by atoms with Crippen molar-refractivity contribution in [2.24, 2.45) is 0 Å². The van der Waals surface area contributed by atoms with E-state index in [2.05, 4.69) is 63.2 Å². The largest absolute Gasteiger partial charge is 0.361 e. The van der Waals surface area contributed by atoms with Gasteiger partial charge in [-0.2, -0.15) is 0 Å². The number of aryl methyl sites for hydroxylation is 1. The van der Waals surface area contributed by atoms with E-state index < -0.39 is 0 Å². The second-order valence-electron chi connectivity index (χ2n) is 7.17. The zero-order chi connectivity index (χ0) is 20.9. The number of carbonyl (C=O) groups is 1. The molecule has 7 heteroatoms. The summed E-state index contributed by atoms with van der Waals surface area (Å²) < 4.78 is 2.05. The molecule has 0 unspecified atom stereocenters. The molecule has 0 fully saturated rings. The Morgan fingerprint density at radius 1 is 1.17 bits per heavy atom. The van der Waals surface area contributed by atoms with E-state index in [1.165, 1.54) is 28.3 Å². The van der Waals surface area contributed by atoms with Crippen LogP contribution in [0.25, 0.3) is 22.3 Å². The molecular formula is C23H25N5OS. The molecular weight excluding hydrogens is 394 g/mol. The van der Waals surface area contributed by atoms with Gasteiger partial charge in [-0.25, -0.2) is 0 Å². The molecule has 4 aromatic rings. The quantitative estimate of drug-likeness (QED) is 0.420. The molecule has 0 spiro atoms. The standard InChI is InChI=1S/C23H25N5OS/c1-3-28-22(17-8-6-7-16(2)13-17)26-27-23(28)30-15-21(29)24-12-11-18-14-25-20-10-5-4-9-19(18)20/h4-10,13-14,25H,3,11-12,15H2,1-2H3,(H,24,29). The highest BCUT2D eigenvalue weighted by Gasteiger charge is 2.14. The number of thioether (sulfide) groups is 1. The fourth-order valence-corrected chi connectivity index (χ4v) is 4.37. The highest BCUT2D eigenvalue weighted by molar-refractivity contribution is 7.99. The van der Waals surface area contributed by atoms with E-state index in [9.17, 15) is 4.79 Å². The molecule has 0 saturated heterocycles. The first kappa shape index (κ1) is 20.2. The summed E-state index contributed by atoms with van der Waals surface area (Å²) in [5, 5.41) is 13.7. The van der Waals surface area contributed by atoms with Crippen molar-refractivity contribution in [2.45, 2.75) is 32.0 Å². The summed E-state index contributed by atoms with van der Waals surface area (Å²) in [6, 6.07) is 16.4. The maximum absolute atomic E-state index is 12.3. The summed E-state index contributed by atoms with van der Waals surface area (Å²) in [6.07, 6.45) is 2.81. The number of fused-ring (bicyclic) bond motifs is 1. The van der Waals surface area contributed by atoms with E-state index in [1.807, 2.05) is 30.5 Å². The van der Waals surface area contributed by atoms with E-state index >= 15 is 0 Å². The van der Waals surface area contributed by atoms with Crippen molar-refractivity contribution in [3.63, 3.8) is 0 Å². The van der Waals surface area contributed by atoms with Gasteiger partial charge >= 0.3 is 0 Å². The molecule has 1 amide bonds. The third-order valence-electron chi connectivity index (χ3n) is 5.03. The molecule has 0 bridgehead atoms. The topological polar surface area (TPSA) is 75.6 Å². The molecule has 0 aliphatic heterocycles. The Bertz CT molecular complexity index is 1160. The monoisotopic (exact) mass is 419 g/mol. The number of aromatic nitrogens is 4. The lowest BCUT2D eigenvalue weighted by Crippen LogP contribution is -2.27. The second kappa shape index (κ2) is 9.17. The molecule has 2 aromatic carbocycles. The molecule has 0 aliphatic rings. The molecule has 2 aromatic heterocycles. The third kappa shape index (κ3) is 4.41. The first-order chi connectivity index (χ1) is 14.7. The second-order valence-corrected chi connectivity index (χ2v) is 8.11. The zero-order valence-electron chi connectivity index (χ0n) is 17.2. The molecule has 154 valence electrons. The van der Waals surface area contributed by atoms with Crippen LogP contribution in [-0.2, 0) is 17.8 Å². The summed E-state index contributed by atoms with van der Waals surface area (Å²) >= 11 is 1.42. The van der Waals surface area contributed by atoms with Crippen molar-refractivity contribution in [2.75, 3.05) is 12.3 Å². The van der Waals surface area contributed by atoms with Crippen LogP contribution in [0.15, 0.2) is 59.9 Å². The summed E-state index contributed by atoms with van der Waals surface area (Å²) in [4.78, 5) is 15.6. The Hall–Kier alpha value is -3.06. The van der Waals surface area contributed by atoms with Crippen LogP contribution in [0.3, 0.4) is 0 Å². The Balaban J connectivity index is 1.33. The summed E-state index contributed by atoms with van der Waals surface area (Å²) in [7, 11) is 0. The maximum Gasteiger partial charge on any atom is 0.230 e. The number of H-pyrrole nitrogens is 1. The smallest absolute Gasteiger partial charge is 0.230 e. The van der Waals surface area contributed by atoms with Crippen LogP contribution in [0.1, 0.15) is 18.1 Å². The number of nitrogens with zero attached hydrogens (tertiary/aromatic N) is 3. The van der Waals surface area contributed by atoms with E-state index in [0.29, 0.717) is 12.3 Å². The number of benzene rings is 2. The predicted octanol–water partition coefficient (Wildman–Crippen LogP) is 4.21. The van der Waals surface area contributed by atoms with Crippen molar-refractivity contribution in [3.05, 3.63) is 65.9 Å². The SMILES string of the molecule is CCn1c(SCC(=O)NCCc2c[nH]c3ccccc23)nnc1-c1cccc(C)c1. The maximum atomic E-state index is 12.3. The van der Waals surface area contributed by atoms with E-state index in [4.69, 9.17) is 0 Å². The highest BCUT2D eigenvalue weighted by Crippen LogP contribution is 2.24. The van der Waals surface area contributed by atoms with Crippen LogP contribution < -0.4 is 5.32 Å². The van der Waals surface area contributed by atoms with Gasteiger partial charge < -0.3 is 14.9 Å². The lowest BCUT2D eigenvalue weighted by Gasteiger charge is -2.08. The molecule has 2 heterocycles. The summed E-state index contributed by atoms with van der Waals surface area (Å²) in [5.41, 5.74) is 4.56. The Morgan fingerprint density at radius 3 is 2.87 bits per heavy atom. The van der Waals surface area contributed by atoms with Crippen molar-refractivity contribution in [1.29, 1.82) is 0 Å². The Kier molecular flexibility index (Phi) is 6.18. The zero-order valence-corrected chi connectivity index (χ0v) is 18.0. The van der Waals surface area contributed by atoms with Gasteiger partial charge in [0.05, 0.1) is 5.75 Å². The first-order valence-corrected chi connectivity index (χ1v) is 11.1. The van der Waals surface area contributed by atoms with Gasteiger partial charge in [0.2, 0.25) is 5.91 Å². The van der Waals surface area contributed by atoms with Crippen LogP contribution >= 0.6 is 11.8 Å². The Labute approximate surface area is 180 Å². The summed E-state index contributed by atoms with van der Waals surface area (Å²) in [5.74, 6) is 1.16. The van der Waals surface area contributed by atoms with Gasteiger partial charge in [0, 0.05) is 35.8 Å². The van der Waals surface area contributed by atoms with Gasteiger partial charge in [-0.1, -0.05) is 53.7 Å². The molecule has 2 N–H and O–H groups in total. The van der Waals surface area contributed by atoms with Gasteiger partial charge in [-0.05, 0) is 38.0 Å². The van der Waals surface area contributed by atoms with E-state index in [1.54, 1.807) is 0 Å². The van der Waals surface area contributed by atoms with Gasteiger partial charge in [0.25, 0.3) is 0 Å². The van der Waals surface area contributed by atoms with Gasteiger partial charge in [0.15, 0.2) is 11.0 Å². The van der Waals surface area contributed by atoms with Crippen LogP contribution in [0, 0.1) is 6.92 Å². The normalized spacial score (nSPS) is 11.1. The number of para-hydroxylation sites is 1. The van der Waals surface area contributed by atoms with Crippen molar-refractivity contribution >= 4 is 28.6 Å². The van der Waals surface area contributed by atoms with Crippen molar-refractivity contribution in [1.82, 2.24) is 25.1 Å². The molecule has 6 nitrogen and oxygen atoms in total. The number of aromatic amines is 1. The number of hydrogen-bond acceptors (Lipinski definition) is 4. The van der Waals surface area contributed by atoms with E-state index in [-0.39, 0.29) is 5.91 Å². The average Bonchev–Trinajstić information content (AvgIpc) is 3.36. The number of carbonyl (C=O) groups excluding carboxylic acids is 1. The van der Waals surface area contributed by atoms with Gasteiger partial charge in [-0.3, -0.25) is 4.79 Å². The third-order valence-corrected chi connectivity index (χ3v) is 6.00. The molecule has 0 atom stereocenters. The fourth-order valence-electron chi connectivity index (χ4n) is 3.53. The minimum atomic E-state index is 0.00241. The number of hydrogen-bond donors (Lipinski definition) is 2. The van der Waals surface area contributed by atoms with Gasteiger partial charge in [-0.15, -0.1) is 10.2 Å². The van der Waals surface area contributed by atoms with Crippen LogP contribution in [0.5, 0.6) is 0 Å². The van der Waals surface area contributed by atoms with Crippen LogP contribution in [-0.4, -0.2) is 38.0 Å². The number of amides is 1. The minimum absolute atomic E-state index is 0.00241. The molecule has 4 rings (SSSR count). The number of nitrogens with one attached hydrogen (secondary N) is 2. The summed E-state index contributed by atoms with van der Waals surface area (Å²) in [6.45, 7) is 5.48. The lowest BCUT2D eigenvalue weighted by atomic mass is 10.1. The van der Waals surface area contributed by atoms with E-state index in [0.717, 1.165) is 35.0 Å². The predicted molar refractivity (Wildman–Crippen MR) is 122 cm³/mol. The molecule has 30 heavy (non-hydrogen) atoms. The van der Waals surface area contributed by atoms with Crippen molar-refractivity contribution in [3.8, 4) is 11.4 Å². The molecule has 0 saturated carbocycles.